The molecular formula is C22H23N3O4. The summed E-state index contributed by atoms with van der Waals surface area (Å²) in [5, 5.41) is 3.44. The molecule has 3 aromatic rings. The van der Waals surface area contributed by atoms with Crippen LogP contribution in [0.25, 0.3) is 22.0 Å². The summed E-state index contributed by atoms with van der Waals surface area (Å²) in [6.45, 7) is 2.05. The maximum Gasteiger partial charge on any atom is 0.233 e. The number of nitrogens with one attached hydrogen (secondary N) is 1. The molecule has 0 spiro atoms. The summed E-state index contributed by atoms with van der Waals surface area (Å²) in [5.41, 5.74) is 2.66. The van der Waals surface area contributed by atoms with E-state index in [-0.39, 0.29) is 11.9 Å². The van der Waals surface area contributed by atoms with E-state index in [1.807, 2.05) is 36.4 Å². The molecule has 1 aromatic heterocycles. The zero-order chi connectivity index (χ0) is 20.4. The fourth-order valence-electron chi connectivity index (χ4n) is 3.10. The van der Waals surface area contributed by atoms with Crippen LogP contribution in [0.3, 0.4) is 0 Å². The van der Waals surface area contributed by atoms with E-state index in [1.165, 1.54) is 19.8 Å². The van der Waals surface area contributed by atoms with Crippen molar-refractivity contribution in [3.05, 3.63) is 36.4 Å². The van der Waals surface area contributed by atoms with Crippen LogP contribution >= 0.6 is 0 Å². The molecule has 1 amide bonds. The quantitative estimate of drug-likeness (QED) is 0.652. The topological polar surface area (TPSA) is 82.6 Å². The van der Waals surface area contributed by atoms with Crippen LogP contribution in [0.15, 0.2) is 36.4 Å². The summed E-state index contributed by atoms with van der Waals surface area (Å²) in [6.07, 6.45) is 2.36. The Kier molecular flexibility index (Phi) is 5.20. The van der Waals surface area contributed by atoms with E-state index in [9.17, 15) is 4.79 Å². The number of hydrogen-bond acceptors (Lipinski definition) is 6. The highest BCUT2D eigenvalue weighted by Gasteiger charge is 2.23. The molecule has 150 valence electrons. The molecule has 29 heavy (non-hydrogen) atoms. The zero-order valence-corrected chi connectivity index (χ0v) is 16.7. The van der Waals surface area contributed by atoms with E-state index < -0.39 is 0 Å². The lowest BCUT2D eigenvalue weighted by Crippen LogP contribution is -2.11. The number of methoxy groups -OCH3 is 2. The third-order valence-corrected chi connectivity index (χ3v) is 4.82. The summed E-state index contributed by atoms with van der Waals surface area (Å²) < 4.78 is 16.7. The van der Waals surface area contributed by atoms with Crippen LogP contribution in [0.5, 0.6) is 17.4 Å². The molecule has 0 unspecified atom stereocenters. The van der Waals surface area contributed by atoms with E-state index in [0.29, 0.717) is 35.4 Å². The van der Waals surface area contributed by atoms with Crippen molar-refractivity contribution in [3.8, 4) is 28.5 Å². The number of ether oxygens (including phenoxy) is 3. The average Bonchev–Trinajstić information content (AvgIpc) is 3.55. The number of carbonyl (C=O) groups excluding carboxylic acids is 1. The largest absolute Gasteiger partial charge is 0.493 e. The van der Waals surface area contributed by atoms with Gasteiger partial charge >= 0.3 is 0 Å². The molecule has 1 saturated carbocycles. The number of amides is 1. The van der Waals surface area contributed by atoms with E-state index in [1.54, 1.807) is 14.2 Å². The fraction of sp³-hybridized carbons (Fsp3) is 0.318. The maximum atomic E-state index is 11.4. The fourth-order valence-corrected chi connectivity index (χ4v) is 3.10. The number of aromatic nitrogens is 2. The first kappa shape index (κ1) is 19.0. The number of hydrogen-bond donors (Lipinski definition) is 1. The summed E-state index contributed by atoms with van der Waals surface area (Å²) >= 11 is 0. The molecular weight excluding hydrogens is 370 g/mol. The van der Waals surface area contributed by atoms with Crippen molar-refractivity contribution in [1.82, 2.24) is 9.97 Å². The van der Waals surface area contributed by atoms with Gasteiger partial charge < -0.3 is 14.2 Å². The van der Waals surface area contributed by atoms with Gasteiger partial charge in [0, 0.05) is 6.92 Å². The molecule has 0 radical (unpaired) electrons. The average molecular weight is 393 g/mol. The standard InChI is InChI=1S/C22H23N3O4/c1-13(26)23-22-24-18-8-6-15(16-7-9-19(27-2)20(11-16)28-3)10-17(18)21(25-22)29-12-14-4-5-14/h6-11,14H,4-5,12H2,1-3H3,(H,23,24,25,26). The van der Waals surface area contributed by atoms with Crippen molar-refractivity contribution < 1.29 is 19.0 Å². The number of anilines is 1. The second-order valence-corrected chi connectivity index (χ2v) is 7.09. The van der Waals surface area contributed by atoms with Crippen LogP contribution < -0.4 is 19.5 Å². The zero-order valence-electron chi connectivity index (χ0n) is 16.7. The summed E-state index contributed by atoms with van der Waals surface area (Å²) in [6, 6.07) is 11.6. The molecule has 0 bridgehead atoms. The Morgan fingerprint density at radius 2 is 1.76 bits per heavy atom. The molecule has 1 N–H and O–H groups in total. The molecule has 0 atom stereocenters. The van der Waals surface area contributed by atoms with Crippen molar-refractivity contribution in [2.45, 2.75) is 19.8 Å². The summed E-state index contributed by atoms with van der Waals surface area (Å²) in [5.74, 6) is 2.42. The van der Waals surface area contributed by atoms with Crippen LogP contribution in [0, 0.1) is 5.92 Å². The Morgan fingerprint density at radius 1 is 1.03 bits per heavy atom. The Hall–Kier alpha value is -3.35. The lowest BCUT2D eigenvalue weighted by atomic mass is 10.0. The second kappa shape index (κ2) is 7.95. The van der Waals surface area contributed by atoms with E-state index >= 15 is 0 Å². The highest BCUT2D eigenvalue weighted by molar-refractivity contribution is 5.92. The minimum Gasteiger partial charge on any atom is -0.493 e. The lowest BCUT2D eigenvalue weighted by molar-refractivity contribution is -0.114. The third-order valence-electron chi connectivity index (χ3n) is 4.82. The highest BCUT2D eigenvalue weighted by atomic mass is 16.5. The summed E-state index contributed by atoms with van der Waals surface area (Å²) in [7, 11) is 3.23. The molecule has 0 saturated heterocycles. The molecule has 1 heterocycles. The van der Waals surface area contributed by atoms with Gasteiger partial charge in [-0.3, -0.25) is 10.1 Å². The van der Waals surface area contributed by atoms with Gasteiger partial charge in [0.25, 0.3) is 0 Å². The number of carbonyl (C=O) groups is 1. The van der Waals surface area contributed by atoms with Crippen molar-refractivity contribution in [3.63, 3.8) is 0 Å². The second-order valence-electron chi connectivity index (χ2n) is 7.09. The molecule has 1 fully saturated rings. The van der Waals surface area contributed by atoms with E-state index in [2.05, 4.69) is 15.3 Å². The molecule has 7 heteroatoms. The number of nitrogens with zero attached hydrogens (tertiary/aromatic N) is 2. The number of rotatable bonds is 7. The minimum atomic E-state index is -0.223. The van der Waals surface area contributed by atoms with E-state index in [0.717, 1.165) is 16.5 Å². The van der Waals surface area contributed by atoms with E-state index in [4.69, 9.17) is 14.2 Å². The van der Waals surface area contributed by atoms with Gasteiger partial charge in [-0.25, -0.2) is 4.98 Å². The van der Waals surface area contributed by atoms with Gasteiger partial charge in [-0.2, -0.15) is 4.98 Å². The molecule has 2 aromatic carbocycles. The predicted octanol–water partition coefficient (Wildman–Crippen LogP) is 4.06. The van der Waals surface area contributed by atoms with Crippen LogP contribution in [-0.2, 0) is 4.79 Å². The van der Waals surface area contributed by atoms with Crippen LogP contribution in [-0.4, -0.2) is 36.7 Å². The summed E-state index contributed by atoms with van der Waals surface area (Å²) in [4.78, 5) is 20.3. The van der Waals surface area contributed by atoms with Crippen LogP contribution in [0.2, 0.25) is 0 Å². The van der Waals surface area contributed by atoms with Gasteiger partial charge in [-0.15, -0.1) is 0 Å². The van der Waals surface area contributed by atoms with Crippen molar-refractivity contribution >= 4 is 22.8 Å². The van der Waals surface area contributed by atoms with Gasteiger partial charge in [-0.05, 0) is 54.2 Å². The molecule has 4 rings (SSSR count). The predicted molar refractivity (Wildman–Crippen MR) is 111 cm³/mol. The molecule has 1 aliphatic rings. The smallest absolute Gasteiger partial charge is 0.233 e. The van der Waals surface area contributed by atoms with Gasteiger partial charge in [0.2, 0.25) is 17.7 Å². The monoisotopic (exact) mass is 393 g/mol. The Balaban J connectivity index is 1.76. The Morgan fingerprint density at radius 3 is 2.45 bits per heavy atom. The number of benzene rings is 2. The normalized spacial score (nSPS) is 13.2. The van der Waals surface area contributed by atoms with Gasteiger partial charge in [0.15, 0.2) is 11.5 Å². The van der Waals surface area contributed by atoms with Crippen LogP contribution in [0.4, 0.5) is 5.95 Å². The van der Waals surface area contributed by atoms with Gasteiger partial charge in [0.1, 0.15) is 0 Å². The van der Waals surface area contributed by atoms with Gasteiger partial charge in [0.05, 0.1) is 31.7 Å². The highest BCUT2D eigenvalue weighted by Crippen LogP contribution is 2.36. The van der Waals surface area contributed by atoms with Crippen molar-refractivity contribution in [2.75, 3.05) is 26.1 Å². The number of fused-ring (bicyclic) bond motifs is 1. The Labute approximate surface area is 169 Å². The van der Waals surface area contributed by atoms with Crippen LogP contribution in [0.1, 0.15) is 19.8 Å². The minimum absolute atomic E-state index is 0.223. The first-order valence-corrected chi connectivity index (χ1v) is 9.52. The molecule has 0 aliphatic heterocycles. The van der Waals surface area contributed by atoms with Gasteiger partial charge in [-0.1, -0.05) is 12.1 Å². The first-order chi connectivity index (χ1) is 14.1. The lowest BCUT2D eigenvalue weighted by Gasteiger charge is -2.13. The van der Waals surface area contributed by atoms with Crippen molar-refractivity contribution in [1.29, 1.82) is 0 Å². The first-order valence-electron chi connectivity index (χ1n) is 9.52. The van der Waals surface area contributed by atoms with Crippen molar-refractivity contribution in [2.24, 2.45) is 5.92 Å². The third kappa shape index (κ3) is 4.23. The molecule has 7 nitrogen and oxygen atoms in total. The molecule has 1 aliphatic carbocycles. The Bertz CT molecular complexity index is 1060. The maximum absolute atomic E-state index is 11.4. The SMILES string of the molecule is COc1ccc(-c2ccc3nc(NC(C)=O)nc(OCC4CC4)c3c2)cc1OC.